The third kappa shape index (κ3) is 3.83. The van der Waals surface area contributed by atoms with Crippen molar-refractivity contribution < 1.29 is 18.7 Å². The number of carbonyl (C=O) groups is 1. The fraction of sp³-hybridized carbons (Fsp3) is 0.0870. The van der Waals surface area contributed by atoms with Gasteiger partial charge >= 0.3 is 0 Å². The highest BCUT2D eigenvalue weighted by molar-refractivity contribution is 6.03. The first-order valence-corrected chi connectivity index (χ1v) is 9.65. The predicted molar refractivity (Wildman–Crippen MR) is 112 cm³/mol. The zero-order valence-electron chi connectivity index (χ0n) is 16.3. The highest BCUT2D eigenvalue weighted by Crippen LogP contribution is 2.34. The van der Waals surface area contributed by atoms with Gasteiger partial charge in [-0.1, -0.05) is 18.2 Å². The van der Waals surface area contributed by atoms with Crippen LogP contribution >= 0.6 is 0 Å². The molecule has 2 aromatic heterocycles. The third-order valence-corrected chi connectivity index (χ3v) is 4.77. The van der Waals surface area contributed by atoms with Gasteiger partial charge in [0.25, 0.3) is 5.91 Å². The summed E-state index contributed by atoms with van der Waals surface area (Å²) < 4.78 is 26.5. The second-order valence-electron chi connectivity index (χ2n) is 6.85. The van der Waals surface area contributed by atoms with Crippen molar-refractivity contribution in [1.29, 1.82) is 0 Å². The molecule has 1 aliphatic heterocycles. The zero-order chi connectivity index (χ0) is 21.2. The summed E-state index contributed by atoms with van der Waals surface area (Å²) in [5, 5.41) is 6.84. The average molecular weight is 416 g/mol. The molecule has 0 aliphatic carbocycles. The number of anilines is 1. The molecule has 0 atom stereocenters. The van der Waals surface area contributed by atoms with Crippen LogP contribution in [0.1, 0.15) is 10.4 Å². The molecule has 154 valence electrons. The zero-order valence-corrected chi connectivity index (χ0v) is 16.3. The van der Waals surface area contributed by atoms with E-state index in [1.807, 2.05) is 24.3 Å². The maximum Gasteiger partial charge on any atom is 0.260 e. The van der Waals surface area contributed by atoms with E-state index in [0.29, 0.717) is 36.2 Å². The number of halogens is 1. The van der Waals surface area contributed by atoms with E-state index in [2.05, 4.69) is 15.4 Å². The highest BCUT2D eigenvalue weighted by Gasteiger charge is 2.15. The highest BCUT2D eigenvalue weighted by atomic mass is 19.1. The smallest absolute Gasteiger partial charge is 0.260 e. The molecule has 8 heteroatoms. The molecule has 0 spiro atoms. The van der Waals surface area contributed by atoms with E-state index in [9.17, 15) is 9.18 Å². The van der Waals surface area contributed by atoms with Gasteiger partial charge in [-0.25, -0.2) is 14.1 Å². The van der Waals surface area contributed by atoms with Crippen molar-refractivity contribution in [2.75, 3.05) is 18.5 Å². The lowest BCUT2D eigenvalue weighted by molar-refractivity contribution is 0.102. The number of nitrogens with one attached hydrogen (secondary N) is 1. The van der Waals surface area contributed by atoms with E-state index in [4.69, 9.17) is 9.47 Å². The van der Waals surface area contributed by atoms with Gasteiger partial charge in [-0.2, -0.15) is 5.10 Å². The largest absolute Gasteiger partial charge is 0.486 e. The maximum atomic E-state index is 14.0. The Morgan fingerprint density at radius 2 is 1.84 bits per heavy atom. The average Bonchev–Trinajstić information content (AvgIpc) is 3.29. The van der Waals surface area contributed by atoms with Crippen LogP contribution in [0.2, 0.25) is 0 Å². The van der Waals surface area contributed by atoms with Crippen molar-refractivity contribution in [3.63, 3.8) is 0 Å². The molecule has 31 heavy (non-hydrogen) atoms. The Hall–Kier alpha value is -4.20. The lowest BCUT2D eigenvalue weighted by Crippen LogP contribution is -2.15. The van der Waals surface area contributed by atoms with Crippen LogP contribution in [0.4, 0.5) is 10.2 Å². The van der Waals surface area contributed by atoms with Crippen LogP contribution in [0.25, 0.3) is 16.9 Å². The monoisotopic (exact) mass is 416 g/mol. The number of para-hydroxylation sites is 1. The summed E-state index contributed by atoms with van der Waals surface area (Å²) in [6.45, 7) is 1.03. The van der Waals surface area contributed by atoms with Crippen LogP contribution in [0, 0.1) is 5.82 Å². The summed E-state index contributed by atoms with van der Waals surface area (Å²) in [7, 11) is 0. The van der Waals surface area contributed by atoms with Crippen molar-refractivity contribution in [3.05, 3.63) is 84.4 Å². The number of hydrogen-bond acceptors (Lipinski definition) is 5. The number of carbonyl (C=O) groups excluding carboxylic acids is 1. The Bertz CT molecular complexity index is 1270. The van der Waals surface area contributed by atoms with Crippen LogP contribution < -0.4 is 14.8 Å². The Morgan fingerprint density at radius 1 is 1.00 bits per heavy atom. The fourth-order valence-electron chi connectivity index (χ4n) is 3.27. The molecule has 0 fully saturated rings. The predicted octanol–water partition coefficient (Wildman–Crippen LogP) is 4.10. The number of ether oxygens (including phenoxy) is 2. The second kappa shape index (κ2) is 7.91. The van der Waals surface area contributed by atoms with Crippen LogP contribution in [-0.4, -0.2) is 33.9 Å². The summed E-state index contributed by atoms with van der Waals surface area (Å²) in [5.41, 5.74) is 2.07. The number of hydrogen-bond donors (Lipinski definition) is 1. The van der Waals surface area contributed by atoms with Gasteiger partial charge in [-0.3, -0.25) is 4.79 Å². The van der Waals surface area contributed by atoms with Gasteiger partial charge in [0.05, 0.1) is 17.5 Å². The SMILES string of the molecule is O=C(Nc1cccc(-c2ccc3c(c2)OCCO3)n1)c1cnn(-c2ccccc2F)c1. The minimum atomic E-state index is -0.425. The Labute approximate surface area is 177 Å². The summed E-state index contributed by atoms with van der Waals surface area (Å²) >= 11 is 0. The van der Waals surface area contributed by atoms with Crippen LogP contribution in [0.5, 0.6) is 11.5 Å². The van der Waals surface area contributed by atoms with Crippen LogP contribution in [-0.2, 0) is 0 Å². The molecular weight excluding hydrogens is 399 g/mol. The van der Waals surface area contributed by atoms with E-state index in [1.54, 1.807) is 30.3 Å². The first-order valence-electron chi connectivity index (χ1n) is 9.65. The van der Waals surface area contributed by atoms with Gasteiger partial charge in [0.1, 0.15) is 30.5 Å². The molecule has 2 aromatic carbocycles. The minimum absolute atomic E-state index is 0.264. The van der Waals surface area contributed by atoms with Crippen molar-refractivity contribution in [1.82, 2.24) is 14.8 Å². The van der Waals surface area contributed by atoms with Crippen molar-refractivity contribution >= 4 is 11.7 Å². The Morgan fingerprint density at radius 3 is 2.71 bits per heavy atom. The number of rotatable bonds is 4. The minimum Gasteiger partial charge on any atom is -0.486 e. The molecule has 1 amide bonds. The first-order chi connectivity index (χ1) is 15.2. The van der Waals surface area contributed by atoms with Gasteiger partial charge in [0.2, 0.25) is 0 Å². The number of benzene rings is 2. The third-order valence-electron chi connectivity index (χ3n) is 4.77. The lowest BCUT2D eigenvalue weighted by Gasteiger charge is -2.18. The normalized spacial score (nSPS) is 12.4. The number of aromatic nitrogens is 3. The van der Waals surface area contributed by atoms with E-state index in [1.165, 1.54) is 23.1 Å². The van der Waals surface area contributed by atoms with E-state index in [-0.39, 0.29) is 11.3 Å². The standard InChI is InChI=1S/C23H17FN4O3/c24-17-4-1-2-6-19(17)28-14-16(13-25-28)23(29)27-22-7-3-5-18(26-22)15-8-9-20-21(12-15)31-11-10-30-20/h1-9,12-14H,10-11H2,(H,26,27,29). The van der Waals surface area contributed by atoms with E-state index >= 15 is 0 Å². The summed E-state index contributed by atoms with van der Waals surface area (Å²) in [6.07, 6.45) is 2.85. The first kappa shape index (κ1) is 18.8. The van der Waals surface area contributed by atoms with Crippen LogP contribution in [0.3, 0.4) is 0 Å². The topological polar surface area (TPSA) is 78.3 Å². The van der Waals surface area contributed by atoms with Crippen molar-refractivity contribution in [2.24, 2.45) is 0 Å². The molecule has 1 aliphatic rings. The van der Waals surface area contributed by atoms with Gasteiger partial charge < -0.3 is 14.8 Å². The molecule has 0 saturated heterocycles. The Balaban J connectivity index is 1.35. The summed E-state index contributed by atoms with van der Waals surface area (Å²) in [6, 6.07) is 17.2. The van der Waals surface area contributed by atoms with Gasteiger partial charge in [-0.15, -0.1) is 0 Å². The molecule has 4 aromatic rings. The van der Waals surface area contributed by atoms with Crippen molar-refractivity contribution in [2.45, 2.75) is 0 Å². The number of pyridine rings is 1. The van der Waals surface area contributed by atoms with E-state index < -0.39 is 11.7 Å². The summed E-state index contributed by atoms with van der Waals surface area (Å²) in [4.78, 5) is 17.2. The molecule has 5 rings (SSSR count). The molecular formula is C23H17FN4O3. The molecule has 0 bridgehead atoms. The number of nitrogens with zero attached hydrogens (tertiary/aromatic N) is 3. The molecule has 0 saturated carbocycles. The lowest BCUT2D eigenvalue weighted by atomic mass is 10.1. The summed E-state index contributed by atoms with van der Waals surface area (Å²) in [5.74, 6) is 0.934. The van der Waals surface area contributed by atoms with Crippen LogP contribution in [0.15, 0.2) is 73.1 Å². The van der Waals surface area contributed by atoms with E-state index in [0.717, 1.165) is 5.56 Å². The van der Waals surface area contributed by atoms with Crippen molar-refractivity contribution in [3.8, 4) is 28.4 Å². The molecule has 0 unspecified atom stereocenters. The molecule has 7 nitrogen and oxygen atoms in total. The molecule has 0 radical (unpaired) electrons. The number of amides is 1. The van der Waals surface area contributed by atoms with Gasteiger partial charge in [0.15, 0.2) is 11.5 Å². The molecule has 3 heterocycles. The van der Waals surface area contributed by atoms with Gasteiger partial charge in [-0.05, 0) is 42.5 Å². The maximum absolute atomic E-state index is 14.0. The fourth-order valence-corrected chi connectivity index (χ4v) is 3.27. The quantitative estimate of drug-likeness (QED) is 0.542. The van der Waals surface area contributed by atoms with Gasteiger partial charge in [0, 0.05) is 11.8 Å². The number of fused-ring (bicyclic) bond motifs is 1. The molecule has 1 N–H and O–H groups in total. The second-order valence-corrected chi connectivity index (χ2v) is 6.85. The Kier molecular flexibility index (Phi) is 4.80.